The number of nitrogens with zero attached hydrogens (tertiary/aromatic N) is 3. The lowest BCUT2D eigenvalue weighted by Gasteiger charge is -2.16. The molecule has 4 N–H and O–H groups in total. The summed E-state index contributed by atoms with van der Waals surface area (Å²) in [5.74, 6) is 0.727. The van der Waals surface area contributed by atoms with Crippen LogP contribution in [0.4, 0.5) is 17.3 Å². The molecule has 3 rings (SSSR count). The van der Waals surface area contributed by atoms with E-state index in [4.69, 9.17) is 20.6 Å². The molecule has 0 unspecified atom stereocenters. The number of benzene rings is 1. The number of aromatic nitrogens is 2. The molecule has 0 fully saturated rings. The summed E-state index contributed by atoms with van der Waals surface area (Å²) in [4.78, 5) is -0.0853. The standard InChI is InChI=1S/C16H18ClN5O6S/c1-9-4-5-10(27-9)8-18-16-15(20-28-22(16)24)19-12-7-6-11(17)14(13(12)23)29(25,26)21(2)3/h4-7,24H,8H2,1-3H3,(H2,18,19,20,23)/p+1. The van der Waals surface area contributed by atoms with Crippen LogP contribution in [0.3, 0.4) is 0 Å². The minimum absolute atomic E-state index is 0.0124. The fourth-order valence-corrected chi connectivity index (χ4v) is 3.92. The van der Waals surface area contributed by atoms with E-state index in [0.717, 1.165) is 10.1 Å². The number of nitrogens with one attached hydrogen (secondary N) is 2. The summed E-state index contributed by atoms with van der Waals surface area (Å²) < 4.78 is 36.0. The van der Waals surface area contributed by atoms with Gasteiger partial charge in [-0.05, 0) is 31.2 Å². The number of halogens is 1. The van der Waals surface area contributed by atoms with Gasteiger partial charge in [0.05, 0.1) is 10.7 Å². The molecule has 156 valence electrons. The summed E-state index contributed by atoms with van der Waals surface area (Å²) in [7, 11) is -1.39. The molecule has 3 aromatic rings. The second-order valence-electron chi connectivity index (χ2n) is 6.19. The van der Waals surface area contributed by atoms with E-state index >= 15 is 0 Å². The van der Waals surface area contributed by atoms with Crippen molar-refractivity contribution in [1.29, 1.82) is 0 Å². The van der Waals surface area contributed by atoms with Gasteiger partial charge in [-0.15, -0.1) is 0 Å². The zero-order chi connectivity index (χ0) is 21.3. The zero-order valence-corrected chi connectivity index (χ0v) is 17.2. The van der Waals surface area contributed by atoms with E-state index in [1.54, 1.807) is 19.1 Å². The highest BCUT2D eigenvalue weighted by Crippen LogP contribution is 2.39. The lowest BCUT2D eigenvalue weighted by Crippen LogP contribution is -2.31. The molecule has 0 spiro atoms. The lowest BCUT2D eigenvalue weighted by atomic mass is 10.3. The predicted octanol–water partition coefficient (Wildman–Crippen LogP) is 2.07. The van der Waals surface area contributed by atoms with Gasteiger partial charge >= 0.3 is 11.6 Å². The van der Waals surface area contributed by atoms with Gasteiger partial charge in [0.1, 0.15) is 33.0 Å². The van der Waals surface area contributed by atoms with Crippen molar-refractivity contribution < 1.29 is 32.7 Å². The molecule has 0 bridgehead atoms. The quantitative estimate of drug-likeness (QED) is 0.317. The molecule has 2 heterocycles. The highest BCUT2D eigenvalue weighted by Gasteiger charge is 2.29. The van der Waals surface area contributed by atoms with Gasteiger partial charge in [-0.2, -0.15) is 0 Å². The van der Waals surface area contributed by atoms with Crippen molar-refractivity contribution in [3.63, 3.8) is 0 Å². The molecule has 0 amide bonds. The molecule has 29 heavy (non-hydrogen) atoms. The molecular formula is C16H19ClN5O6S+. The Kier molecular flexibility index (Phi) is 5.59. The molecule has 2 aromatic heterocycles. The molecule has 1 aromatic carbocycles. The molecule has 0 aliphatic rings. The Morgan fingerprint density at radius 2 is 2.00 bits per heavy atom. The Hall–Kier alpha value is -2.96. The van der Waals surface area contributed by atoms with Crippen LogP contribution in [0.5, 0.6) is 5.75 Å². The monoisotopic (exact) mass is 444 g/mol. The van der Waals surface area contributed by atoms with E-state index in [9.17, 15) is 18.7 Å². The number of aryl methyl sites for hydroxylation is 1. The summed E-state index contributed by atoms with van der Waals surface area (Å²) in [6.45, 7) is 2.00. The molecule has 11 nitrogen and oxygen atoms in total. The third kappa shape index (κ3) is 4.09. The number of furan rings is 1. The van der Waals surface area contributed by atoms with E-state index in [-0.39, 0.29) is 28.9 Å². The van der Waals surface area contributed by atoms with E-state index in [1.165, 1.54) is 26.2 Å². The Bertz CT molecular complexity index is 1140. The van der Waals surface area contributed by atoms with Crippen molar-refractivity contribution in [3.8, 4) is 5.75 Å². The largest absolute Gasteiger partial charge is 0.504 e. The van der Waals surface area contributed by atoms with Crippen molar-refractivity contribution in [1.82, 2.24) is 9.46 Å². The van der Waals surface area contributed by atoms with Crippen molar-refractivity contribution in [2.75, 3.05) is 24.7 Å². The van der Waals surface area contributed by atoms with E-state index < -0.39 is 20.7 Å². The van der Waals surface area contributed by atoms with Crippen molar-refractivity contribution in [3.05, 3.63) is 40.8 Å². The number of phenolic OH excluding ortho intramolecular Hbond substituents is 1. The topological polar surface area (TPSA) is 145 Å². The zero-order valence-electron chi connectivity index (χ0n) is 15.7. The second kappa shape index (κ2) is 7.81. The van der Waals surface area contributed by atoms with Crippen LogP contribution in [0.1, 0.15) is 11.5 Å². The van der Waals surface area contributed by atoms with E-state index in [2.05, 4.69) is 15.8 Å². The van der Waals surface area contributed by atoms with Crippen LogP contribution in [-0.4, -0.2) is 42.3 Å². The summed E-state index contributed by atoms with van der Waals surface area (Å²) >= 11 is 5.99. The Labute approximate surface area is 171 Å². The first-order valence-corrected chi connectivity index (χ1v) is 10.0. The minimum Gasteiger partial charge on any atom is -0.504 e. The van der Waals surface area contributed by atoms with Crippen LogP contribution >= 0.6 is 11.6 Å². The summed E-state index contributed by atoms with van der Waals surface area (Å²) in [6.07, 6.45) is 0. The maximum atomic E-state index is 12.5. The number of rotatable bonds is 7. The van der Waals surface area contributed by atoms with E-state index in [1.807, 2.05) is 0 Å². The number of anilines is 3. The Balaban J connectivity index is 1.91. The molecule has 13 heteroatoms. The van der Waals surface area contributed by atoms with Crippen LogP contribution in [0.2, 0.25) is 5.02 Å². The van der Waals surface area contributed by atoms with Gasteiger partial charge in [0.2, 0.25) is 10.0 Å². The van der Waals surface area contributed by atoms with Crippen molar-refractivity contribution in [2.45, 2.75) is 18.4 Å². The lowest BCUT2D eigenvalue weighted by molar-refractivity contribution is -1.03. The normalized spacial score (nSPS) is 11.8. The number of aromatic hydroxyl groups is 1. The first kappa shape index (κ1) is 20.8. The number of hydrogen-bond donors (Lipinski definition) is 4. The molecular weight excluding hydrogens is 426 g/mol. The van der Waals surface area contributed by atoms with Gasteiger partial charge in [-0.25, -0.2) is 12.7 Å². The highest BCUT2D eigenvalue weighted by atomic mass is 35.5. The third-order valence-corrected chi connectivity index (χ3v) is 6.24. The van der Waals surface area contributed by atoms with Gasteiger partial charge in [0.25, 0.3) is 0 Å². The number of sulfonamides is 1. The maximum absolute atomic E-state index is 12.5. The van der Waals surface area contributed by atoms with Crippen LogP contribution in [-0.2, 0) is 16.6 Å². The molecule has 0 radical (unpaired) electrons. The van der Waals surface area contributed by atoms with Crippen LogP contribution in [0.15, 0.2) is 38.2 Å². The van der Waals surface area contributed by atoms with Gasteiger partial charge in [0, 0.05) is 14.1 Å². The van der Waals surface area contributed by atoms with E-state index in [0.29, 0.717) is 10.7 Å². The predicted molar refractivity (Wildman–Crippen MR) is 102 cm³/mol. The van der Waals surface area contributed by atoms with Gasteiger partial charge < -0.3 is 20.0 Å². The molecule has 0 aliphatic heterocycles. The highest BCUT2D eigenvalue weighted by molar-refractivity contribution is 7.89. The molecule has 0 saturated heterocycles. The average molecular weight is 445 g/mol. The first-order valence-electron chi connectivity index (χ1n) is 8.23. The van der Waals surface area contributed by atoms with Gasteiger partial charge in [-0.1, -0.05) is 16.2 Å². The van der Waals surface area contributed by atoms with Crippen LogP contribution in [0.25, 0.3) is 0 Å². The van der Waals surface area contributed by atoms with Crippen LogP contribution in [0, 0.1) is 6.92 Å². The van der Waals surface area contributed by atoms with Crippen molar-refractivity contribution >= 4 is 38.9 Å². The Morgan fingerprint density at radius 3 is 2.62 bits per heavy atom. The second-order valence-corrected chi connectivity index (χ2v) is 8.69. The SMILES string of the molecule is Cc1ccc(CNc2c(Nc3ccc(Cl)c(S(=O)(=O)N(C)C)c3O)no[n+]2O)o1. The number of phenols is 1. The Morgan fingerprint density at radius 1 is 1.28 bits per heavy atom. The minimum atomic E-state index is -4.02. The summed E-state index contributed by atoms with van der Waals surface area (Å²) in [5, 5.41) is 29.4. The van der Waals surface area contributed by atoms with Gasteiger partial charge in [0.15, 0.2) is 5.75 Å². The van der Waals surface area contributed by atoms with Crippen LogP contribution < -0.4 is 15.5 Å². The number of hydrogen-bond acceptors (Lipinski definition) is 9. The fourth-order valence-electron chi connectivity index (χ4n) is 2.44. The molecule has 0 aliphatic carbocycles. The maximum Gasteiger partial charge on any atom is 0.366 e. The average Bonchev–Trinajstić information content (AvgIpc) is 3.21. The van der Waals surface area contributed by atoms with Crippen molar-refractivity contribution in [2.24, 2.45) is 0 Å². The summed E-state index contributed by atoms with van der Waals surface area (Å²) in [6, 6.07) is 6.22. The molecule has 0 atom stereocenters. The van der Waals surface area contributed by atoms with Gasteiger partial charge in [-0.3, -0.25) is 5.32 Å². The molecule has 0 saturated carbocycles. The third-order valence-electron chi connectivity index (χ3n) is 3.93. The smallest absolute Gasteiger partial charge is 0.366 e. The summed E-state index contributed by atoms with van der Waals surface area (Å²) in [5.41, 5.74) is -0.0133. The fraction of sp³-hybridized carbons (Fsp3) is 0.250. The first-order chi connectivity index (χ1) is 13.6.